The SMILES string of the molecule is CCN(CC)S(=O)(=O)CC(=O)N1CCNC(C)C1. The maximum Gasteiger partial charge on any atom is 0.239 e. The van der Waals surface area contributed by atoms with E-state index in [1.165, 1.54) is 4.31 Å². The molecular formula is C11H23N3O3S. The Balaban J connectivity index is 2.63. The Hall–Kier alpha value is -0.660. The number of amides is 1. The predicted molar refractivity (Wildman–Crippen MR) is 70.8 cm³/mol. The first kappa shape index (κ1) is 15.4. The molecule has 1 fully saturated rings. The van der Waals surface area contributed by atoms with Crippen LogP contribution >= 0.6 is 0 Å². The number of nitrogens with one attached hydrogen (secondary N) is 1. The summed E-state index contributed by atoms with van der Waals surface area (Å²) in [4.78, 5) is 13.6. The number of carbonyl (C=O) groups is 1. The van der Waals surface area contributed by atoms with E-state index in [1.54, 1.807) is 18.7 Å². The zero-order valence-corrected chi connectivity index (χ0v) is 12.2. The summed E-state index contributed by atoms with van der Waals surface area (Å²) >= 11 is 0. The molecule has 6 nitrogen and oxygen atoms in total. The molecule has 1 atom stereocenters. The summed E-state index contributed by atoms with van der Waals surface area (Å²) < 4.78 is 25.3. The van der Waals surface area contributed by atoms with Crippen LogP contribution in [-0.2, 0) is 14.8 Å². The summed E-state index contributed by atoms with van der Waals surface area (Å²) in [5.41, 5.74) is 0. The normalized spacial score (nSPS) is 21.3. The summed E-state index contributed by atoms with van der Waals surface area (Å²) in [5.74, 6) is -0.711. The van der Waals surface area contributed by atoms with Crippen molar-refractivity contribution in [3.63, 3.8) is 0 Å². The molecule has 0 radical (unpaired) electrons. The minimum Gasteiger partial charge on any atom is -0.339 e. The Morgan fingerprint density at radius 3 is 2.50 bits per heavy atom. The maximum atomic E-state index is 12.0. The highest BCUT2D eigenvalue weighted by atomic mass is 32.2. The van der Waals surface area contributed by atoms with E-state index in [-0.39, 0.29) is 11.9 Å². The molecule has 1 N–H and O–H groups in total. The highest BCUT2D eigenvalue weighted by molar-refractivity contribution is 7.89. The minimum absolute atomic E-state index is 0.221. The molecule has 1 heterocycles. The predicted octanol–water partition coefficient (Wildman–Crippen LogP) is -0.522. The number of sulfonamides is 1. The van der Waals surface area contributed by atoms with Crippen LogP contribution in [0, 0.1) is 0 Å². The fraction of sp³-hybridized carbons (Fsp3) is 0.909. The molecule has 0 aromatic heterocycles. The first-order chi connectivity index (χ1) is 8.40. The van der Waals surface area contributed by atoms with Crippen LogP contribution in [0.2, 0.25) is 0 Å². The van der Waals surface area contributed by atoms with Gasteiger partial charge in [0, 0.05) is 38.8 Å². The molecule has 1 amide bonds. The van der Waals surface area contributed by atoms with Gasteiger partial charge in [0.05, 0.1) is 0 Å². The molecule has 18 heavy (non-hydrogen) atoms. The van der Waals surface area contributed by atoms with Crippen molar-refractivity contribution in [2.75, 3.05) is 38.5 Å². The number of rotatable bonds is 5. The average Bonchev–Trinajstić information content (AvgIpc) is 2.29. The number of hydrogen-bond acceptors (Lipinski definition) is 4. The fourth-order valence-corrected chi connectivity index (χ4v) is 3.58. The van der Waals surface area contributed by atoms with Crippen LogP contribution in [0.4, 0.5) is 0 Å². The van der Waals surface area contributed by atoms with Crippen molar-refractivity contribution < 1.29 is 13.2 Å². The lowest BCUT2D eigenvalue weighted by Crippen LogP contribution is -2.53. The van der Waals surface area contributed by atoms with Gasteiger partial charge >= 0.3 is 0 Å². The van der Waals surface area contributed by atoms with Gasteiger partial charge in [0.25, 0.3) is 0 Å². The first-order valence-corrected chi connectivity index (χ1v) is 8.00. The van der Waals surface area contributed by atoms with Gasteiger partial charge in [-0.25, -0.2) is 12.7 Å². The Morgan fingerprint density at radius 2 is 2.00 bits per heavy atom. The van der Waals surface area contributed by atoms with Crippen molar-refractivity contribution in [1.82, 2.24) is 14.5 Å². The van der Waals surface area contributed by atoms with E-state index in [1.807, 2.05) is 6.92 Å². The van der Waals surface area contributed by atoms with Crippen molar-refractivity contribution in [2.45, 2.75) is 26.8 Å². The minimum atomic E-state index is -3.47. The monoisotopic (exact) mass is 277 g/mol. The van der Waals surface area contributed by atoms with Crippen LogP contribution in [0.1, 0.15) is 20.8 Å². The zero-order valence-electron chi connectivity index (χ0n) is 11.3. The van der Waals surface area contributed by atoms with Gasteiger partial charge in [-0.15, -0.1) is 0 Å². The van der Waals surface area contributed by atoms with Gasteiger partial charge in [0.2, 0.25) is 15.9 Å². The second-order valence-corrected chi connectivity index (χ2v) is 6.50. The van der Waals surface area contributed by atoms with E-state index in [0.29, 0.717) is 26.2 Å². The van der Waals surface area contributed by atoms with Gasteiger partial charge in [0.15, 0.2) is 0 Å². The molecule has 0 aromatic rings. The molecule has 0 spiro atoms. The summed E-state index contributed by atoms with van der Waals surface area (Å²) in [6.07, 6.45) is 0. The average molecular weight is 277 g/mol. The van der Waals surface area contributed by atoms with E-state index in [4.69, 9.17) is 0 Å². The molecule has 0 saturated carbocycles. The van der Waals surface area contributed by atoms with Gasteiger partial charge in [-0.3, -0.25) is 4.79 Å². The van der Waals surface area contributed by atoms with Crippen LogP contribution in [0.5, 0.6) is 0 Å². The van der Waals surface area contributed by atoms with Crippen molar-refractivity contribution in [2.24, 2.45) is 0 Å². The molecule has 1 unspecified atom stereocenters. The van der Waals surface area contributed by atoms with Crippen LogP contribution in [-0.4, -0.2) is 68.0 Å². The number of carbonyl (C=O) groups excluding carboxylic acids is 1. The summed E-state index contributed by atoms with van der Waals surface area (Å²) in [6, 6.07) is 0.221. The van der Waals surface area contributed by atoms with Gasteiger partial charge in [0.1, 0.15) is 5.75 Å². The lowest BCUT2D eigenvalue weighted by atomic mass is 10.2. The molecule has 0 aromatic carbocycles. The van der Waals surface area contributed by atoms with Crippen LogP contribution in [0.15, 0.2) is 0 Å². The van der Waals surface area contributed by atoms with Gasteiger partial charge in [-0.2, -0.15) is 0 Å². The number of hydrogen-bond donors (Lipinski definition) is 1. The van der Waals surface area contributed by atoms with E-state index < -0.39 is 15.8 Å². The third-order valence-corrected chi connectivity index (χ3v) is 5.04. The van der Waals surface area contributed by atoms with Gasteiger partial charge < -0.3 is 10.2 Å². The second-order valence-electron chi connectivity index (χ2n) is 4.54. The molecule has 1 rings (SSSR count). The standard InChI is InChI=1S/C11H23N3O3S/c1-4-14(5-2)18(16,17)9-11(15)13-7-6-12-10(3)8-13/h10,12H,4-9H2,1-3H3. The lowest BCUT2D eigenvalue weighted by Gasteiger charge is -2.32. The summed E-state index contributed by atoms with van der Waals surface area (Å²) in [7, 11) is -3.47. The molecule has 1 aliphatic heterocycles. The van der Waals surface area contributed by atoms with E-state index >= 15 is 0 Å². The highest BCUT2D eigenvalue weighted by Gasteiger charge is 2.27. The highest BCUT2D eigenvalue weighted by Crippen LogP contribution is 2.05. The maximum absolute atomic E-state index is 12.0. The van der Waals surface area contributed by atoms with Gasteiger partial charge in [-0.1, -0.05) is 13.8 Å². The molecule has 1 aliphatic rings. The summed E-state index contributed by atoms with van der Waals surface area (Å²) in [6.45, 7) is 8.23. The molecule has 106 valence electrons. The van der Waals surface area contributed by atoms with Crippen LogP contribution < -0.4 is 5.32 Å². The van der Waals surface area contributed by atoms with Crippen molar-refractivity contribution in [3.05, 3.63) is 0 Å². The Morgan fingerprint density at radius 1 is 1.39 bits per heavy atom. The van der Waals surface area contributed by atoms with Gasteiger partial charge in [-0.05, 0) is 6.92 Å². The largest absolute Gasteiger partial charge is 0.339 e. The van der Waals surface area contributed by atoms with Crippen LogP contribution in [0.25, 0.3) is 0 Å². The van der Waals surface area contributed by atoms with Crippen LogP contribution in [0.3, 0.4) is 0 Å². The second kappa shape index (κ2) is 6.49. The van der Waals surface area contributed by atoms with E-state index in [9.17, 15) is 13.2 Å². The number of piperazine rings is 1. The summed E-state index contributed by atoms with van der Waals surface area (Å²) in [5, 5.41) is 3.22. The van der Waals surface area contributed by atoms with E-state index in [0.717, 1.165) is 6.54 Å². The Labute approximate surface area is 109 Å². The third-order valence-electron chi connectivity index (χ3n) is 3.13. The smallest absolute Gasteiger partial charge is 0.239 e. The first-order valence-electron chi connectivity index (χ1n) is 6.39. The molecule has 0 bridgehead atoms. The molecule has 0 aliphatic carbocycles. The number of nitrogens with zero attached hydrogens (tertiary/aromatic N) is 2. The Kier molecular flexibility index (Phi) is 5.55. The van der Waals surface area contributed by atoms with Crippen molar-refractivity contribution in [1.29, 1.82) is 0 Å². The van der Waals surface area contributed by atoms with E-state index in [2.05, 4.69) is 5.32 Å². The van der Waals surface area contributed by atoms with Crippen molar-refractivity contribution in [3.8, 4) is 0 Å². The fourth-order valence-electron chi connectivity index (χ4n) is 2.11. The zero-order chi connectivity index (χ0) is 13.8. The molecular weight excluding hydrogens is 254 g/mol. The lowest BCUT2D eigenvalue weighted by molar-refractivity contribution is -0.129. The topological polar surface area (TPSA) is 69.7 Å². The molecule has 1 saturated heterocycles. The molecule has 7 heteroatoms. The Bertz CT molecular complexity index is 379. The quantitative estimate of drug-likeness (QED) is 0.734. The third kappa shape index (κ3) is 3.93. The van der Waals surface area contributed by atoms with Crippen molar-refractivity contribution >= 4 is 15.9 Å².